The van der Waals surface area contributed by atoms with E-state index in [9.17, 15) is 14.4 Å². The predicted octanol–water partition coefficient (Wildman–Crippen LogP) is 2.48. The summed E-state index contributed by atoms with van der Waals surface area (Å²) in [5.74, 6) is -0.611. The Kier molecular flexibility index (Phi) is 6.41. The van der Waals surface area contributed by atoms with E-state index in [1.54, 1.807) is 42.7 Å². The molecule has 0 bridgehead atoms. The molecule has 1 atom stereocenters. The molecule has 32 heavy (non-hydrogen) atoms. The minimum atomic E-state index is -0.821. The van der Waals surface area contributed by atoms with Gasteiger partial charge in [0.05, 0.1) is 11.4 Å². The molecule has 0 spiro atoms. The maximum Gasteiger partial charge on any atom is 0.323 e. The lowest BCUT2D eigenvalue weighted by Crippen LogP contribution is -2.54. The lowest BCUT2D eigenvalue weighted by atomic mass is 10.1. The molecule has 0 saturated heterocycles. The normalized spacial score (nSPS) is 13.5. The Hall–Kier alpha value is -4.20. The average molecular weight is 429 g/mol. The number of benzene rings is 2. The molecule has 0 fully saturated rings. The Bertz CT molecular complexity index is 1100. The number of amides is 4. The third kappa shape index (κ3) is 5.10. The van der Waals surface area contributed by atoms with Crippen molar-refractivity contribution in [3.8, 4) is 0 Å². The van der Waals surface area contributed by atoms with Gasteiger partial charge in [-0.1, -0.05) is 48.5 Å². The summed E-state index contributed by atoms with van der Waals surface area (Å²) in [7, 11) is 0. The second kappa shape index (κ2) is 9.74. The molecule has 1 aromatic heterocycles. The van der Waals surface area contributed by atoms with E-state index in [0.717, 1.165) is 11.1 Å². The number of hydrogen-bond acceptors (Lipinski definition) is 4. The number of fused-ring (bicyclic) bond motifs is 1. The van der Waals surface area contributed by atoms with E-state index in [1.807, 2.05) is 36.4 Å². The van der Waals surface area contributed by atoms with E-state index >= 15 is 0 Å². The number of urea groups is 1. The molecule has 1 aliphatic rings. The van der Waals surface area contributed by atoms with Crippen LogP contribution in [-0.2, 0) is 22.6 Å². The number of hydrogen-bond donors (Lipinski definition) is 3. The first-order valence-corrected chi connectivity index (χ1v) is 10.3. The zero-order valence-corrected chi connectivity index (χ0v) is 17.3. The zero-order valence-electron chi connectivity index (χ0n) is 17.3. The highest BCUT2D eigenvalue weighted by Gasteiger charge is 2.30. The quantitative estimate of drug-likeness (QED) is 0.560. The average Bonchev–Trinajstić information content (AvgIpc) is 2.82. The largest absolute Gasteiger partial charge is 0.350 e. The number of rotatable bonds is 6. The van der Waals surface area contributed by atoms with Crippen LogP contribution in [0, 0.1) is 0 Å². The van der Waals surface area contributed by atoms with Crippen molar-refractivity contribution < 1.29 is 14.4 Å². The fraction of sp³-hybridized carbons (Fsp3) is 0.167. The molecular weight excluding hydrogens is 406 g/mol. The van der Waals surface area contributed by atoms with Gasteiger partial charge in [-0.15, -0.1) is 0 Å². The zero-order chi connectivity index (χ0) is 22.3. The Morgan fingerprint density at radius 1 is 1.00 bits per heavy atom. The smallest absolute Gasteiger partial charge is 0.323 e. The molecule has 2 aromatic carbocycles. The van der Waals surface area contributed by atoms with Crippen LogP contribution in [0.5, 0.6) is 0 Å². The van der Waals surface area contributed by atoms with Gasteiger partial charge in [-0.3, -0.25) is 19.5 Å². The van der Waals surface area contributed by atoms with Crippen molar-refractivity contribution in [2.45, 2.75) is 19.0 Å². The summed E-state index contributed by atoms with van der Waals surface area (Å²) in [5.41, 5.74) is 2.90. The maximum atomic E-state index is 13.1. The predicted molar refractivity (Wildman–Crippen MR) is 121 cm³/mol. The van der Waals surface area contributed by atoms with Gasteiger partial charge in [0.1, 0.15) is 12.6 Å². The Morgan fingerprint density at radius 3 is 2.53 bits per heavy atom. The molecule has 4 rings (SSSR count). The summed E-state index contributed by atoms with van der Waals surface area (Å²) in [4.78, 5) is 43.6. The molecular formula is C24H23N5O3. The molecule has 0 saturated carbocycles. The summed E-state index contributed by atoms with van der Waals surface area (Å²) in [6.45, 7) is 0.168. The summed E-state index contributed by atoms with van der Waals surface area (Å²) in [6.07, 6.45) is 3.65. The van der Waals surface area contributed by atoms with Crippen LogP contribution in [0.1, 0.15) is 11.1 Å². The fourth-order valence-electron chi connectivity index (χ4n) is 3.52. The van der Waals surface area contributed by atoms with E-state index in [4.69, 9.17) is 0 Å². The second-order valence-corrected chi connectivity index (χ2v) is 7.42. The first-order chi connectivity index (χ1) is 15.6. The van der Waals surface area contributed by atoms with Gasteiger partial charge in [-0.05, 0) is 29.3 Å². The third-order valence-corrected chi connectivity index (χ3v) is 5.10. The van der Waals surface area contributed by atoms with Gasteiger partial charge in [-0.2, -0.15) is 0 Å². The van der Waals surface area contributed by atoms with Crippen molar-refractivity contribution in [3.05, 3.63) is 90.3 Å². The number of para-hydroxylation sites is 2. The Labute approximate surface area is 185 Å². The van der Waals surface area contributed by atoms with Crippen LogP contribution in [0.25, 0.3) is 0 Å². The third-order valence-electron chi connectivity index (χ3n) is 5.10. The van der Waals surface area contributed by atoms with Crippen LogP contribution < -0.4 is 20.9 Å². The van der Waals surface area contributed by atoms with E-state index in [0.29, 0.717) is 24.3 Å². The maximum absolute atomic E-state index is 13.1. The number of nitrogens with zero attached hydrogens (tertiary/aromatic N) is 2. The van der Waals surface area contributed by atoms with Crippen molar-refractivity contribution in [1.82, 2.24) is 15.6 Å². The second-order valence-electron chi connectivity index (χ2n) is 7.42. The highest BCUT2D eigenvalue weighted by molar-refractivity contribution is 6.10. The highest BCUT2D eigenvalue weighted by atomic mass is 16.2. The molecule has 2 heterocycles. The van der Waals surface area contributed by atoms with Gasteiger partial charge < -0.3 is 16.0 Å². The topological polar surface area (TPSA) is 103 Å². The lowest BCUT2D eigenvalue weighted by molar-refractivity contribution is -0.123. The highest BCUT2D eigenvalue weighted by Crippen LogP contribution is 2.28. The van der Waals surface area contributed by atoms with E-state index in [-0.39, 0.29) is 18.4 Å². The molecule has 0 unspecified atom stereocenters. The molecule has 4 amide bonds. The number of carbonyl (C=O) groups excluding carboxylic acids is 3. The molecule has 3 N–H and O–H groups in total. The number of anilines is 2. The van der Waals surface area contributed by atoms with Crippen LogP contribution in [0.4, 0.5) is 16.2 Å². The SMILES string of the molecule is O=C1CN(C(=O)N[C@@H](Cc2ccccc2)C(=O)NCc2cccnc2)c2ccccc2N1. The van der Waals surface area contributed by atoms with Crippen LogP contribution >= 0.6 is 0 Å². The van der Waals surface area contributed by atoms with Gasteiger partial charge >= 0.3 is 6.03 Å². The summed E-state index contributed by atoms with van der Waals surface area (Å²) < 4.78 is 0. The Morgan fingerprint density at radius 2 is 1.75 bits per heavy atom. The van der Waals surface area contributed by atoms with Crippen molar-refractivity contribution in [2.75, 3.05) is 16.8 Å². The summed E-state index contributed by atoms with van der Waals surface area (Å²) in [5, 5.41) is 8.43. The van der Waals surface area contributed by atoms with Crippen LogP contribution in [0.2, 0.25) is 0 Å². The number of aromatic nitrogens is 1. The molecule has 1 aliphatic heterocycles. The van der Waals surface area contributed by atoms with Crippen molar-refractivity contribution in [2.24, 2.45) is 0 Å². The standard InChI is InChI=1S/C24H23N5O3/c30-22-16-29(21-11-5-4-10-19(21)27-22)24(32)28-20(13-17-7-2-1-3-8-17)23(31)26-15-18-9-6-12-25-14-18/h1-12,14,20H,13,15-16H2,(H,26,31)(H,27,30)(H,28,32)/t20-/m0/s1. The first-order valence-electron chi connectivity index (χ1n) is 10.3. The molecule has 8 nitrogen and oxygen atoms in total. The number of pyridine rings is 1. The molecule has 162 valence electrons. The minimum absolute atomic E-state index is 0.127. The molecule has 0 radical (unpaired) electrons. The van der Waals surface area contributed by atoms with Crippen LogP contribution in [-0.4, -0.2) is 35.4 Å². The Balaban J connectivity index is 1.51. The molecule has 8 heteroatoms. The summed E-state index contributed by atoms with van der Waals surface area (Å²) >= 11 is 0. The lowest BCUT2D eigenvalue weighted by Gasteiger charge is -2.30. The minimum Gasteiger partial charge on any atom is -0.350 e. The van der Waals surface area contributed by atoms with E-state index < -0.39 is 12.1 Å². The first kappa shape index (κ1) is 21.0. The van der Waals surface area contributed by atoms with Gasteiger partial charge in [0, 0.05) is 25.4 Å². The van der Waals surface area contributed by atoms with Gasteiger partial charge in [0.25, 0.3) is 0 Å². The van der Waals surface area contributed by atoms with Crippen LogP contribution in [0.15, 0.2) is 79.1 Å². The fourth-order valence-corrected chi connectivity index (χ4v) is 3.52. The summed E-state index contributed by atoms with van der Waals surface area (Å²) in [6, 6.07) is 18.8. The van der Waals surface area contributed by atoms with Crippen molar-refractivity contribution in [3.63, 3.8) is 0 Å². The van der Waals surface area contributed by atoms with Gasteiger partial charge in [0.2, 0.25) is 11.8 Å². The van der Waals surface area contributed by atoms with E-state index in [2.05, 4.69) is 20.9 Å². The molecule has 3 aromatic rings. The monoisotopic (exact) mass is 429 g/mol. The van der Waals surface area contributed by atoms with E-state index in [1.165, 1.54) is 4.90 Å². The van der Waals surface area contributed by atoms with Gasteiger partial charge in [-0.25, -0.2) is 4.79 Å². The van der Waals surface area contributed by atoms with Crippen molar-refractivity contribution >= 4 is 29.2 Å². The van der Waals surface area contributed by atoms with Gasteiger partial charge in [0.15, 0.2) is 0 Å². The van der Waals surface area contributed by atoms with Crippen LogP contribution in [0.3, 0.4) is 0 Å². The number of nitrogens with one attached hydrogen (secondary N) is 3. The van der Waals surface area contributed by atoms with Crippen molar-refractivity contribution in [1.29, 1.82) is 0 Å². The molecule has 0 aliphatic carbocycles. The number of carbonyl (C=O) groups is 3.